The van der Waals surface area contributed by atoms with Crippen LogP contribution in [0.25, 0.3) is 0 Å². The second-order valence-electron chi connectivity index (χ2n) is 12.0. The van der Waals surface area contributed by atoms with Gasteiger partial charge in [-0.1, -0.05) is 40.5 Å². The fourth-order valence-electron chi connectivity index (χ4n) is 4.29. The summed E-state index contributed by atoms with van der Waals surface area (Å²) in [5.41, 5.74) is 7.17. The van der Waals surface area contributed by atoms with E-state index in [0.717, 1.165) is 37.1 Å². The smallest absolute Gasteiger partial charge is 0.335 e. The van der Waals surface area contributed by atoms with Gasteiger partial charge in [0, 0.05) is 30.4 Å². The third kappa shape index (κ3) is 17.7. The average Bonchev–Trinajstić information content (AvgIpc) is 3.06. The number of rotatable bonds is 17. The van der Waals surface area contributed by atoms with Crippen LogP contribution in [-0.4, -0.2) is 41.7 Å². The molecule has 256 valence electrons. The first-order valence-corrected chi connectivity index (χ1v) is 16.5. The van der Waals surface area contributed by atoms with Gasteiger partial charge in [-0.25, -0.2) is 4.79 Å². The molecule has 0 atom stereocenters. The number of carbonyl (C=O) groups is 2. The molecule has 2 N–H and O–H groups in total. The summed E-state index contributed by atoms with van der Waals surface area (Å²) in [5, 5.41) is 11.7. The SMILES string of the molecule is CC(C)=CCC/C(C)=C/COc1ccc(C(=O)NCCc2ccccn2)cc1.CC(C)=CCC/C(C)=C/COc1ccc(C(=O)O)cc1. The quantitative estimate of drug-likeness (QED) is 0.141. The van der Waals surface area contributed by atoms with Crippen molar-refractivity contribution in [2.24, 2.45) is 0 Å². The van der Waals surface area contributed by atoms with E-state index in [1.807, 2.05) is 30.3 Å². The van der Waals surface area contributed by atoms with Gasteiger partial charge in [0.2, 0.25) is 0 Å². The molecule has 7 heteroatoms. The fourth-order valence-corrected chi connectivity index (χ4v) is 4.29. The van der Waals surface area contributed by atoms with Crippen LogP contribution >= 0.6 is 0 Å². The van der Waals surface area contributed by atoms with Gasteiger partial charge < -0.3 is 19.9 Å². The lowest BCUT2D eigenvalue weighted by atomic mass is 10.1. The van der Waals surface area contributed by atoms with E-state index in [4.69, 9.17) is 14.6 Å². The minimum Gasteiger partial charge on any atom is -0.490 e. The monoisotopic (exact) mass is 652 g/mol. The summed E-state index contributed by atoms with van der Waals surface area (Å²) >= 11 is 0. The van der Waals surface area contributed by atoms with Crippen LogP contribution in [0, 0.1) is 0 Å². The first-order valence-electron chi connectivity index (χ1n) is 16.5. The molecule has 0 aliphatic heterocycles. The van der Waals surface area contributed by atoms with Crippen LogP contribution in [0.3, 0.4) is 0 Å². The van der Waals surface area contributed by atoms with E-state index in [-0.39, 0.29) is 11.5 Å². The molecule has 3 rings (SSSR count). The molecule has 1 amide bonds. The van der Waals surface area contributed by atoms with Crippen molar-refractivity contribution in [1.82, 2.24) is 10.3 Å². The fraction of sp³-hybridized carbons (Fsp3) is 0.341. The number of carboxylic acid groups (broad SMARTS) is 1. The standard InChI is InChI=1S/C24H30N2O2.C17H22O3/c1-19(2)7-6-8-20(3)15-18-28-23-12-10-21(11-13-23)24(27)26-17-14-22-9-4-5-16-25-22;1-13(2)5-4-6-14(3)11-12-20-16-9-7-15(8-10-16)17(18)19/h4-5,7,9-13,15-16H,6,8,14,17-18H2,1-3H3,(H,26,27);5,7-11H,4,6,12H2,1-3H3,(H,18,19)/b20-15+;14-11+. The third-order valence-electron chi connectivity index (χ3n) is 7.16. The normalized spacial score (nSPS) is 11.0. The summed E-state index contributed by atoms with van der Waals surface area (Å²) in [7, 11) is 0. The number of allylic oxidation sites excluding steroid dienone is 6. The molecule has 2 aromatic carbocycles. The predicted molar refractivity (Wildman–Crippen MR) is 196 cm³/mol. The molecule has 48 heavy (non-hydrogen) atoms. The maximum absolute atomic E-state index is 12.2. The van der Waals surface area contributed by atoms with Crippen LogP contribution in [0.15, 0.2) is 120 Å². The predicted octanol–water partition coefficient (Wildman–Crippen LogP) is 9.58. The second-order valence-corrected chi connectivity index (χ2v) is 12.0. The van der Waals surface area contributed by atoms with Crippen LogP contribution < -0.4 is 14.8 Å². The van der Waals surface area contributed by atoms with Crippen LogP contribution in [0.5, 0.6) is 11.5 Å². The van der Waals surface area contributed by atoms with Crippen LogP contribution in [0.2, 0.25) is 0 Å². The number of carboxylic acids is 1. The second kappa shape index (κ2) is 22.6. The van der Waals surface area contributed by atoms with Gasteiger partial charge in [0.15, 0.2) is 0 Å². The van der Waals surface area contributed by atoms with Crippen molar-refractivity contribution in [2.45, 2.75) is 73.6 Å². The summed E-state index contributed by atoms with van der Waals surface area (Å²) in [6.07, 6.45) is 15.3. The number of nitrogens with zero attached hydrogens (tertiary/aromatic N) is 1. The maximum Gasteiger partial charge on any atom is 0.335 e. The molecule has 7 nitrogen and oxygen atoms in total. The Hall–Kier alpha value is -4.91. The van der Waals surface area contributed by atoms with Gasteiger partial charge in [-0.05, 0) is 140 Å². The Balaban J connectivity index is 0.000000353. The van der Waals surface area contributed by atoms with Gasteiger partial charge in [0.05, 0.1) is 5.56 Å². The third-order valence-corrected chi connectivity index (χ3v) is 7.16. The molecular formula is C41H52N2O5. The summed E-state index contributed by atoms with van der Waals surface area (Å²) in [4.78, 5) is 27.2. The van der Waals surface area contributed by atoms with Crippen molar-refractivity contribution in [3.8, 4) is 11.5 Å². The van der Waals surface area contributed by atoms with E-state index >= 15 is 0 Å². The lowest BCUT2D eigenvalue weighted by molar-refractivity contribution is 0.0696. The zero-order chi connectivity index (χ0) is 35.1. The Morgan fingerprint density at radius 2 is 1.19 bits per heavy atom. The van der Waals surface area contributed by atoms with Crippen molar-refractivity contribution < 1.29 is 24.2 Å². The average molecular weight is 653 g/mol. The number of hydrogen-bond acceptors (Lipinski definition) is 5. The Labute approximate surface area is 287 Å². The molecule has 1 heterocycles. The Bertz CT molecular complexity index is 1510. The van der Waals surface area contributed by atoms with Gasteiger partial charge in [-0.3, -0.25) is 9.78 Å². The van der Waals surface area contributed by atoms with Crippen LogP contribution in [0.1, 0.15) is 93.6 Å². The molecule has 0 fully saturated rings. The number of aromatic nitrogens is 1. The molecule has 0 aliphatic carbocycles. The highest BCUT2D eigenvalue weighted by Crippen LogP contribution is 2.15. The first kappa shape index (κ1) is 39.3. The highest BCUT2D eigenvalue weighted by atomic mass is 16.5. The maximum atomic E-state index is 12.2. The van der Waals surface area contributed by atoms with Crippen molar-refractivity contribution in [2.75, 3.05) is 19.8 Å². The summed E-state index contributed by atoms with van der Waals surface area (Å²) in [5.74, 6) is 0.436. The number of ether oxygens (including phenoxy) is 2. The minimum atomic E-state index is -0.924. The number of pyridine rings is 1. The Kier molecular flexibility index (Phi) is 18.5. The molecule has 0 saturated heterocycles. The van der Waals surface area contributed by atoms with Gasteiger partial charge in [0.1, 0.15) is 24.7 Å². The molecule has 0 saturated carbocycles. The first-order chi connectivity index (χ1) is 23.0. The zero-order valence-electron chi connectivity index (χ0n) is 29.4. The van der Waals surface area contributed by atoms with Crippen molar-refractivity contribution in [3.63, 3.8) is 0 Å². The minimum absolute atomic E-state index is 0.0857. The van der Waals surface area contributed by atoms with Gasteiger partial charge in [-0.15, -0.1) is 0 Å². The zero-order valence-corrected chi connectivity index (χ0v) is 29.4. The van der Waals surface area contributed by atoms with Crippen molar-refractivity contribution in [1.29, 1.82) is 0 Å². The van der Waals surface area contributed by atoms with Crippen LogP contribution in [0.4, 0.5) is 0 Å². The Morgan fingerprint density at radius 1 is 0.688 bits per heavy atom. The van der Waals surface area contributed by atoms with Crippen molar-refractivity contribution >= 4 is 11.9 Å². The lowest BCUT2D eigenvalue weighted by Crippen LogP contribution is -2.25. The highest BCUT2D eigenvalue weighted by Gasteiger charge is 2.06. The number of amides is 1. The lowest BCUT2D eigenvalue weighted by Gasteiger charge is -2.07. The Morgan fingerprint density at radius 3 is 1.62 bits per heavy atom. The topological polar surface area (TPSA) is 97.8 Å². The molecule has 0 radical (unpaired) electrons. The van der Waals surface area contributed by atoms with Crippen molar-refractivity contribution in [3.05, 3.63) is 136 Å². The van der Waals surface area contributed by atoms with E-state index in [1.54, 1.807) is 42.6 Å². The molecule has 0 spiro atoms. The molecule has 0 aliphatic rings. The van der Waals surface area contributed by atoms with Gasteiger partial charge >= 0.3 is 5.97 Å². The van der Waals surface area contributed by atoms with Crippen LogP contribution in [-0.2, 0) is 6.42 Å². The van der Waals surface area contributed by atoms with Gasteiger partial charge in [-0.2, -0.15) is 0 Å². The molecule has 0 bridgehead atoms. The van der Waals surface area contributed by atoms with E-state index in [1.165, 1.54) is 22.3 Å². The molecule has 0 unspecified atom stereocenters. The van der Waals surface area contributed by atoms with E-state index in [9.17, 15) is 9.59 Å². The van der Waals surface area contributed by atoms with E-state index < -0.39 is 5.97 Å². The summed E-state index contributed by atoms with van der Waals surface area (Å²) in [6, 6.07) is 19.5. The summed E-state index contributed by atoms with van der Waals surface area (Å²) in [6.45, 7) is 14.3. The summed E-state index contributed by atoms with van der Waals surface area (Å²) < 4.78 is 11.3. The number of nitrogens with one attached hydrogen (secondary N) is 1. The molecule has 1 aromatic heterocycles. The number of carbonyl (C=O) groups excluding carboxylic acids is 1. The van der Waals surface area contributed by atoms with E-state index in [0.29, 0.717) is 37.5 Å². The number of benzene rings is 2. The molecular weight excluding hydrogens is 600 g/mol. The number of hydrogen-bond donors (Lipinski definition) is 2. The molecule has 3 aromatic rings. The van der Waals surface area contributed by atoms with E-state index in [2.05, 4.69) is 76.1 Å². The van der Waals surface area contributed by atoms with Gasteiger partial charge in [0.25, 0.3) is 5.91 Å². The highest BCUT2D eigenvalue weighted by molar-refractivity contribution is 5.94. The largest absolute Gasteiger partial charge is 0.490 e. The number of aromatic carboxylic acids is 1.